The van der Waals surface area contributed by atoms with Crippen LogP contribution in [0.5, 0.6) is 0 Å². The maximum Gasteiger partial charge on any atom is 0.410 e. The van der Waals surface area contributed by atoms with Crippen LogP contribution in [0.1, 0.15) is 42.7 Å². The average Bonchev–Trinajstić information content (AvgIpc) is 3.43. The minimum atomic E-state index is -4.39. The largest absolute Gasteiger partial charge is 0.410 e. The minimum Gasteiger partial charge on any atom is -0.379 e. The molecule has 0 spiro atoms. The second-order valence-electron chi connectivity index (χ2n) is 7.95. The summed E-state index contributed by atoms with van der Waals surface area (Å²) in [5.74, 6) is 0.102. The van der Waals surface area contributed by atoms with Gasteiger partial charge in [0, 0.05) is 37.8 Å². The van der Waals surface area contributed by atoms with Crippen LogP contribution in [0.2, 0.25) is 0 Å². The monoisotopic (exact) mass is 401 g/mol. The quantitative estimate of drug-likeness (QED) is 0.790. The number of anilines is 1. The Morgan fingerprint density at radius 3 is 2.75 bits per heavy atom. The van der Waals surface area contributed by atoms with E-state index in [-0.39, 0.29) is 35.9 Å². The van der Waals surface area contributed by atoms with Crippen LogP contribution in [0.25, 0.3) is 0 Å². The Morgan fingerprint density at radius 2 is 2.11 bits per heavy atom. The summed E-state index contributed by atoms with van der Waals surface area (Å²) in [6.45, 7) is 5.34. The van der Waals surface area contributed by atoms with Crippen molar-refractivity contribution >= 4 is 11.7 Å². The van der Waals surface area contributed by atoms with E-state index >= 15 is 0 Å². The van der Waals surface area contributed by atoms with E-state index in [1.54, 1.807) is 0 Å². The molecule has 1 saturated carbocycles. The number of amides is 1. The molecule has 7 nitrogen and oxygen atoms in total. The van der Waals surface area contributed by atoms with Crippen LogP contribution in [0.4, 0.5) is 19.0 Å². The van der Waals surface area contributed by atoms with Crippen LogP contribution < -0.4 is 10.6 Å². The summed E-state index contributed by atoms with van der Waals surface area (Å²) in [6, 6.07) is -0.358. The molecule has 2 aliphatic heterocycles. The number of carbonyl (C=O) groups excluding carboxylic acids is 1. The molecule has 1 aromatic rings. The number of hydrogen-bond acceptors (Lipinski definition) is 5. The lowest BCUT2D eigenvalue weighted by Gasteiger charge is -2.33. The number of nitrogens with one attached hydrogen (secondary N) is 2. The molecular weight excluding hydrogens is 375 g/mol. The highest BCUT2D eigenvalue weighted by Gasteiger charge is 2.49. The van der Waals surface area contributed by atoms with Crippen molar-refractivity contribution in [1.29, 1.82) is 0 Å². The summed E-state index contributed by atoms with van der Waals surface area (Å²) in [5, 5.41) is 9.94. The fourth-order valence-electron chi connectivity index (χ4n) is 4.00. The van der Waals surface area contributed by atoms with Crippen molar-refractivity contribution in [3.8, 4) is 0 Å². The number of rotatable bonds is 5. The lowest BCUT2D eigenvalue weighted by Crippen LogP contribution is -2.47. The molecule has 2 N–H and O–H groups in total. The average molecular weight is 401 g/mol. The molecule has 0 aromatic carbocycles. The number of ether oxygens (including phenoxy) is 1. The Labute approximate surface area is 161 Å². The van der Waals surface area contributed by atoms with Crippen LogP contribution in [-0.4, -0.2) is 71.7 Å². The van der Waals surface area contributed by atoms with E-state index in [9.17, 15) is 18.0 Å². The first-order chi connectivity index (χ1) is 13.3. The minimum absolute atomic E-state index is 0.0161. The van der Waals surface area contributed by atoms with Crippen molar-refractivity contribution < 1.29 is 22.7 Å². The molecule has 28 heavy (non-hydrogen) atoms. The van der Waals surface area contributed by atoms with E-state index < -0.39 is 18.1 Å². The van der Waals surface area contributed by atoms with E-state index in [4.69, 9.17) is 4.74 Å². The summed E-state index contributed by atoms with van der Waals surface area (Å²) in [6.07, 6.45) is -2.54. The van der Waals surface area contributed by atoms with Gasteiger partial charge in [-0.1, -0.05) is 0 Å². The van der Waals surface area contributed by atoms with E-state index in [2.05, 4.69) is 20.6 Å². The molecule has 1 saturated heterocycles. The number of morpholine rings is 1. The number of carbonyl (C=O) groups is 1. The highest BCUT2D eigenvalue weighted by atomic mass is 19.4. The first kappa shape index (κ1) is 19.5. The molecule has 0 radical (unpaired) electrons. The summed E-state index contributed by atoms with van der Waals surface area (Å²) in [4.78, 5) is 14.7. The Kier molecular flexibility index (Phi) is 5.26. The van der Waals surface area contributed by atoms with Crippen molar-refractivity contribution in [2.24, 2.45) is 5.92 Å². The predicted octanol–water partition coefficient (Wildman–Crippen LogP) is 2.03. The SMILES string of the molecule is CC(CNC(=O)c1cc2n(n1)[C@@H](C(F)(F)F)C[C@@H](C1CC1)N2)N1CCOCC1. The molecule has 1 aromatic heterocycles. The molecule has 156 valence electrons. The Bertz CT molecular complexity index is 713. The Balaban J connectivity index is 1.43. The van der Waals surface area contributed by atoms with E-state index in [1.807, 2.05) is 6.92 Å². The van der Waals surface area contributed by atoms with Gasteiger partial charge in [0.15, 0.2) is 11.7 Å². The van der Waals surface area contributed by atoms with Crippen LogP contribution in [0.3, 0.4) is 0 Å². The summed E-state index contributed by atoms with van der Waals surface area (Å²) in [7, 11) is 0. The molecular formula is C18H26F3N5O2. The van der Waals surface area contributed by atoms with Crippen molar-refractivity contribution in [1.82, 2.24) is 20.0 Å². The maximum absolute atomic E-state index is 13.5. The Hall–Kier alpha value is -1.81. The van der Waals surface area contributed by atoms with Gasteiger partial charge in [0.25, 0.3) is 5.91 Å². The normalized spacial score (nSPS) is 27.0. The number of fused-ring (bicyclic) bond motifs is 1. The van der Waals surface area contributed by atoms with Gasteiger partial charge in [-0.2, -0.15) is 18.3 Å². The molecule has 4 rings (SSSR count). The van der Waals surface area contributed by atoms with E-state index in [0.717, 1.165) is 30.6 Å². The number of halogens is 3. The molecule has 3 atom stereocenters. The van der Waals surface area contributed by atoms with Gasteiger partial charge in [-0.05, 0) is 32.1 Å². The van der Waals surface area contributed by atoms with Gasteiger partial charge in [-0.3, -0.25) is 9.69 Å². The van der Waals surface area contributed by atoms with Crippen molar-refractivity contribution in [2.45, 2.75) is 50.5 Å². The van der Waals surface area contributed by atoms with Gasteiger partial charge in [0.05, 0.1) is 13.2 Å². The van der Waals surface area contributed by atoms with E-state index in [0.29, 0.717) is 19.8 Å². The van der Waals surface area contributed by atoms with Crippen LogP contribution in [0, 0.1) is 5.92 Å². The van der Waals surface area contributed by atoms with Gasteiger partial charge in [-0.25, -0.2) is 4.68 Å². The number of hydrogen-bond donors (Lipinski definition) is 2. The van der Waals surface area contributed by atoms with Crippen molar-refractivity contribution in [3.63, 3.8) is 0 Å². The van der Waals surface area contributed by atoms with Crippen molar-refractivity contribution in [2.75, 3.05) is 38.2 Å². The highest BCUT2D eigenvalue weighted by molar-refractivity contribution is 5.93. The number of aromatic nitrogens is 2. The third-order valence-electron chi connectivity index (χ3n) is 5.87. The summed E-state index contributed by atoms with van der Waals surface area (Å²) >= 11 is 0. The molecule has 1 amide bonds. The van der Waals surface area contributed by atoms with Crippen LogP contribution >= 0.6 is 0 Å². The van der Waals surface area contributed by atoms with Crippen molar-refractivity contribution in [3.05, 3.63) is 11.8 Å². The lowest BCUT2D eigenvalue weighted by molar-refractivity contribution is -0.174. The zero-order chi connectivity index (χ0) is 19.9. The molecule has 10 heteroatoms. The summed E-state index contributed by atoms with van der Waals surface area (Å²) in [5.41, 5.74) is 0.0161. The van der Waals surface area contributed by atoms with Gasteiger partial charge in [-0.15, -0.1) is 0 Å². The first-order valence-electron chi connectivity index (χ1n) is 9.85. The summed E-state index contributed by atoms with van der Waals surface area (Å²) < 4.78 is 46.9. The van der Waals surface area contributed by atoms with Gasteiger partial charge in [0.1, 0.15) is 5.82 Å². The van der Waals surface area contributed by atoms with Gasteiger partial charge >= 0.3 is 6.18 Å². The first-order valence-corrected chi connectivity index (χ1v) is 9.85. The molecule has 1 unspecified atom stereocenters. The van der Waals surface area contributed by atoms with Gasteiger partial charge in [0.2, 0.25) is 0 Å². The smallest absolute Gasteiger partial charge is 0.379 e. The molecule has 1 aliphatic carbocycles. The second kappa shape index (κ2) is 7.55. The van der Waals surface area contributed by atoms with Gasteiger partial charge < -0.3 is 15.4 Å². The second-order valence-corrected chi connectivity index (χ2v) is 7.95. The zero-order valence-corrected chi connectivity index (χ0v) is 15.8. The maximum atomic E-state index is 13.5. The molecule has 0 bridgehead atoms. The zero-order valence-electron chi connectivity index (χ0n) is 15.8. The third-order valence-corrected chi connectivity index (χ3v) is 5.87. The fourth-order valence-corrected chi connectivity index (χ4v) is 4.00. The number of alkyl halides is 3. The predicted molar refractivity (Wildman–Crippen MR) is 96.3 cm³/mol. The fraction of sp³-hybridized carbons (Fsp3) is 0.778. The molecule has 3 aliphatic rings. The lowest BCUT2D eigenvalue weighted by atomic mass is 10.0. The third kappa shape index (κ3) is 4.12. The topological polar surface area (TPSA) is 71.4 Å². The van der Waals surface area contributed by atoms with E-state index in [1.165, 1.54) is 6.07 Å². The molecule has 3 heterocycles. The van der Waals surface area contributed by atoms with Crippen LogP contribution in [-0.2, 0) is 4.74 Å². The van der Waals surface area contributed by atoms with Crippen LogP contribution in [0.15, 0.2) is 6.07 Å². The standard InChI is InChI=1S/C18H26F3N5O2/c1-11(25-4-6-28-7-5-25)10-22-17(27)14-9-16-23-13(12-2-3-12)8-15(18(19,20)21)26(16)24-14/h9,11-13,15,23H,2-8,10H2,1H3,(H,22,27)/t11?,13-,15+/m0/s1. The number of nitrogens with zero attached hydrogens (tertiary/aromatic N) is 3. The molecule has 2 fully saturated rings. The highest BCUT2D eigenvalue weighted by Crippen LogP contribution is 2.45. The Morgan fingerprint density at radius 1 is 1.39 bits per heavy atom.